The van der Waals surface area contributed by atoms with Gasteiger partial charge in [0.2, 0.25) is 5.78 Å². The number of hydrogen-bond donors (Lipinski definition) is 3. The van der Waals surface area contributed by atoms with Gasteiger partial charge in [-0.1, -0.05) is 12.5 Å². The van der Waals surface area contributed by atoms with Crippen LogP contribution >= 0.6 is 0 Å². The van der Waals surface area contributed by atoms with E-state index in [-0.39, 0.29) is 42.8 Å². The number of aliphatic hydroxyl groups is 3. The van der Waals surface area contributed by atoms with E-state index in [2.05, 4.69) is 0 Å². The number of ketones is 2. The van der Waals surface area contributed by atoms with Crippen molar-refractivity contribution >= 4 is 17.5 Å². The van der Waals surface area contributed by atoms with Gasteiger partial charge in [-0.3, -0.25) is 14.4 Å². The molecule has 8 atom stereocenters. The Labute approximate surface area is 176 Å². The predicted molar refractivity (Wildman–Crippen MR) is 106 cm³/mol. The van der Waals surface area contributed by atoms with Gasteiger partial charge >= 0.3 is 5.97 Å². The third-order valence-corrected chi connectivity index (χ3v) is 8.82. The number of allylic oxidation sites excluding steroid dienone is 1. The van der Waals surface area contributed by atoms with E-state index in [1.165, 1.54) is 6.92 Å². The lowest BCUT2D eigenvalue weighted by atomic mass is 9.51. The first-order valence-electron chi connectivity index (χ1n) is 10.9. The molecule has 0 radical (unpaired) electrons. The molecule has 7 nitrogen and oxygen atoms in total. The number of rotatable bonds is 3. The molecule has 30 heavy (non-hydrogen) atoms. The summed E-state index contributed by atoms with van der Waals surface area (Å²) in [4.78, 5) is 36.0. The summed E-state index contributed by atoms with van der Waals surface area (Å²) >= 11 is 0. The van der Waals surface area contributed by atoms with Gasteiger partial charge in [-0.05, 0) is 56.9 Å². The lowest BCUT2D eigenvalue weighted by molar-refractivity contribution is -0.195. The highest BCUT2D eigenvalue weighted by Crippen LogP contribution is 2.65. The lowest BCUT2D eigenvalue weighted by Gasteiger charge is -2.55. The van der Waals surface area contributed by atoms with E-state index >= 15 is 0 Å². The van der Waals surface area contributed by atoms with E-state index in [4.69, 9.17) is 4.74 Å². The highest BCUT2D eigenvalue weighted by Gasteiger charge is 2.68. The number of hydrogen-bond acceptors (Lipinski definition) is 7. The van der Waals surface area contributed by atoms with E-state index in [0.29, 0.717) is 19.3 Å². The molecule has 0 spiro atoms. The van der Waals surface area contributed by atoms with Crippen molar-refractivity contribution in [3.05, 3.63) is 11.6 Å². The predicted octanol–water partition coefficient (Wildman–Crippen LogP) is 1.32. The Morgan fingerprint density at radius 2 is 1.93 bits per heavy atom. The van der Waals surface area contributed by atoms with Gasteiger partial charge in [-0.2, -0.15) is 0 Å². The smallest absolute Gasteiger partial charge is 0.303 e. The van der Waals surface area contributed by atoms with Crippen LogP contribution in [0.2, 0.25) is 0 Å². The monoisotopic (exact) mass is 420 g/mol. The van der Waals surface area contributed by atoms with Crippen LogP contribution in [0.3, 0.4) is 0 Å². The topological polar surface area (TPSA) is 121 Å². The van der Waals surface area contributed by atoms with Crippen LogP contribution < -0.4 is 0 Å². The number of aliphatic hydroxyl groups excluding tert-OH is 1. The zero-order valence-corrected chi connectivity index (χ0v) is 17.9. The first-order valence-corrected chi connectivity index (χ1v) is 10.9. The normalized spacial score (nSPS) is 47.6. The Morgan fingerprint density at radius 1 is 1.23 bits per heavy atom. The Morgan fingerprint density at radius 3 is 2.60 bits per heavy atom. The van der Waals surface area contributed by atoms with Crippen molar-refractivity contribution in [1.82, 2.24) is 0 Å². The quantitative estimate of drug-likeness (QED) is 0.589. The molecular formula is C23H32O7. The van der Waals surface area contributed by atoms with Gasteiger partial charge in [0.25, 0.3) is 0 Å². The van der Waals surface area contributed by atoms with Gasteiger partial charge in [0.1, 0.15) is 5.60 Å². The minimum atomic E-state index is -1.68. The molecule has 0 aromatic rings. The second-order valence-corrected chi connectivity index (χ2v) is 10.3. The molecule has 0 heterocycles. The molecule has 0 aromatic heterocycles. The van der Waals surface area contributed by atoms with Gasteiger partial charge in [0, 0.05) is 30.6 Å². The van der Waals surface area contributed by atoms with Crippen LogP contribution in [0.1, 0.15) is 59.3 Å². The van der Waals surface area contributed by atoms with Crippen molar-refractivity contribution in [2.24, 2.45) is 29.1 Å². The van der Waals surface area contributed by atoms with Crippen LogP contribution in [0.5, 0.6) is 0 Å². The zero-order chi connectivity index (χ0) is 22.1. The van der Waals surface area contributed by atoms with Crippen molar-refractivity contribution in [2.45, 2.75) is 76.6 Å². The molecular weight excluding hydrogens is 388 g/mol. The van der Waals surface area contributed by atoms with Crippen molar-refractivity contribution < 1.29 is 34.4 Å². The summed E-state index contributed by atoms with van der Waals surface area (Å²) in [7, 11) is 0. The van der Waals surface area contributed by atoms with E-state index in [0.717, 1.165) is 5.57 Å². The summed E-state index contributed by atoms with van der Waals surface area (Å²) < 4.78 is 4.86. The number of fused-ring (bicyclic) bond motifs is 4. The van der Waals surface area contributed by atoms with Crippen LogP contribution in [-0.2, 0) is 19.1 Å². The Kier molecular flexibility index (Phi) is 5.03. The average molecular weight is 421 g/mol. The first-order chi connectivity index (χ1) is 13.9. The number of carbonyl (C=O) groups is 3. The molecule has 3 fully saturated rings. The maximum Gasteiger partial charge on any atom is 0.303 e. The molecule has 0 bridgehead atoms. The second kappa shape index (κ2) is 6.97. The van der Waals surface area contributed by atoms with Crippen LogP contribution in [0.25, 0.3) is 0 Å². The van der Waals surface area contributed by atoms with Crippen molar-refractivity contribution in [2.75, 3.05) is 6.61 Å². The number of carbonyl (C=O) groups excluding carboxylic acids is 3. The molecule has 3 saturated carbocycles. The Balaban J connectivity index is 1.68. The highest BCUT2D eigenvalue weighted by atomic mass is 16.5. The van der Waals surface area contributed by atoms with Gasteiger partial charge in [0.05, 0.1) is 11.7 Å². The standard InChI is InChI=1S/C23H32O7/c1-12(24)30-11-19(27)23(29)7-6-16-15-5-4-13-8-14(25)9-17(13)22(3,28)20(15)18(26)10-21(16,23)2/h8,15-18,20,26,28-29H,4-7,9-11H2,1-3H3/t15-,16-,17+,18-,20+,21-,22-,23-/m0/s1. The minimum Gasteiger partial charge on any atom is -0.458 e. The number of Topliss-reactive ketones (excluding diaryl/α,β-unsaturated/α-hetero) is 1. The van der Waals surface area contributed by atoms with Gasteiger partial charge in [-0.25, -0.2) is 0 Å². The molecule has 3 N–H and O–H groups in total. The van der Waals surface area contributed by atoms with Crippen molar-refractivity contribution in [3.63, 3.8) is 0 Å². The van der Waals surface area contributed by atoms with Crippen LogP contribution in [0.15, 0.2) is 11.6 Å². The Hall–Kier alpha value is -1.57. The first kappa shape index (κ1) is 21.7. The minimum absolute atomic E-state index is 0.0233. The molecule has 0 saturated heterocycles. The molecule has 0 aromatic carbocycles. The Bertz CT molecular complexity index is 814. The number of ether oxygens (including phenoxy) is 1. The SMILES string of the molecule is CC(=O)OCC(=O)[C@@]1(O)CC[C@H]2[C@@H]3CCC4=CC(=O)C[C@H]4[C@](C)(O)[C@H]3[C@@H](O)C[C@@]21C. The van der Waals surface area contributed by atoms with Crippen LogP contribution in [0.4, 0.5) is 0 Å². The number of esters is 1. The average Bonchev–Trinajstić information content (AvgIpc) is 3.12. The fourth-order valence-electron chi connectivity index (χ4n) is 7.42. The summed E-state index contributed by atoms with van der Waals surface area (Å²) in [6.45, 7) is 4.31. The maximum absolute atomic E-state index is 12.9. The van der Waals surface area contributed by atoms with Crippen molar-refractivity contribution in [1.29, 1.82) is 0 Å². The molecule has 166 valence electrons. The summed E-state index contributed by atoms with van der Waals surface area (Å²) in [6, 6.07) is 0. The third-order valence-electron chi connectivity index (χ3n) is 8.82. The summed E-state index contributed by atoms with van der Waals surface area (Å²) in [5, 5.41) is 34.2. The summed E-state index contributed by atoms with van der Waals surface area (Å²) in [6.07, 6.45) is 3.40. The largest absolute Gasteiger partial charge is 0.458 e. The fraction of sp³-hybridized carbons (Fsp3) is 0.783. The highest BCUT2D eigenvalue weighted by molar-refractivity contribution is 5.94. The zero-order valence-electron chi connectivity index (χ0n) is 17.9. The molecule has 0 unspecified atom stereocenters. The summed E-state index contributed by atoms with van der Waals surface area (Å²) in [5.74, 6) is -1.93. The third kappa shape index (κ3) is 2.93. The maximum atomic E-state index is 12.9. The fourth-order valence-corrected chi connectivity index (χ4v) is 7.42. The van der Waals surface area contributed by atoms with Gasteiger partial charge < -0.3 is 20.1 Å². The van der Waals surface area contributed by atoms with E-state index < -0.39 is 47.0 Å². The van der Waals surface area contributed by atoms with E-state index in [1.807, 2.05) is 6.92 Å². The summed E-state index contributed by atoms with van der Waals surface area (Å²) in [5.41, 5.74) is -2.83. The van der Waals surface area contributed by atoms with Crippen LogP contribution in [0, 0.1) is 29.1 Å². The molecule has 4 rings (SSSR count). The van der Waals surface area contributed by atoms with Gasteiger partial charge in [0.15, 0.2) is 12.4 Å². The van der Waals surface area contributed by atoms with Crippen LogP contribution in [-0.4, -0.2) is 56.8 Å². The molecule has 0 aliphatic heterocycles. The van der Waals surface area contributed by atoms with E-state index in [9.17, 15) is 29.7 Å². The van der Waals surface area contributed by atoms with E-state index in [1.54, 1.807) is 13.0 Å². The van der Waals surface area contributed by atoms with Crippen molar-refractivity contribution in [3.8, 4) is 0 Å². The molecule has 0 amide bonds. The molecule has 4 aliphatic rings. The lowest BCUT2D eigenvalue weighted by Crippen LogP contribution is -2.62. The van der Waals surface area contributed by atoms with Gasteiger partial charge in [-0.15, -0.1) is 0 Å². The molecule has 4 aliphatic carbocycles. The molecule has 7 heteroatoms. The second-order valence-electron chi connectivity index (χ2n) is 10.3.